The zero-order chi connectivity index (χ0) is 9.68. The lowest BCUT2D eigenvalue weighted by Gasteiger charge is -1.99. The first kappa shape index (κ1) is 10.6. The molecule has 0 amide bonds. The van der Waals surface area contributed by atoms with Gasteiger partial charge in [0.2, 0.25) is 0 Å². The molecular weight excluding hydrogens is 204 g/mol. The molecule has 0 unspecified atom stereocenters. The molecule has 3 heteroatoms. The van der Waals surface area contributed by atoms with Crippen molar-refractivity contribution in [3.8, 4) is 0 Å². The first-order chi connectivity index (χ1) is 6.22. The van der Waals surface area contributed by atoms with Crippen LogP contribution in [-0.2, 0) is 4.79 Å². The molecule has 0 fully saturated rings. The van der Waals surface area contributed by atoms with Crippen LogP contribution in [-0.4, -0.2) is 11.5 Å². The molecule has 0 spiro atoms. The van der Waals surface area contributed by atoms with Gasteiger partial charge in [-0.05, 0) is 18.2 Å². The highest BCUT2D eigenvalue weighted by Crippen LogP contribution is 2.21. The Hall–Kier alpha value is -0.470. The summed E-state index contributed by atoms with van der Waals surface area (Å²) in [5.74, 6) is 0.807. The van der Waals surface area contributed by atoms with E-state index in [-0.39, 0.29) is 5.78 Å². The molecule has 0 heterocycles. The van der Waals surface area contributed by atoms with E-state index in [1.807, 2.05) is 31.2 Å². The number of hydrogen-bond donors (Lipinski definition) is 0. The number of ketones is 1. The highest BCUT2D eigenvalue weighted by Gasteiger charge is 2.00. The lowest BCUT2D eigenvalue weighted by Crippen LogP contribution is -1.97. The van der Waals surface area contributed by atoms with Gasteiger partial charge in [-0.1, -0.05) is 24.6 Å². The second kappa shape index (κ2) is 5.30. The molecule has 13 heavy (non-hydrogen) atoms. The molecule has 1 aromatic carbocycles. The maximum absolute atomic E-state index is 11.0. The van der Waals surface area contributed by atoms with Crippen LogP contribution in [0.3, 0.4) is 0 Å². The summed E-state index contributed by atoms with van der Waals surface area (Å²) in [6, 6.07) is 7.54. The Morgan fingerprint density at radius 2 is 2.31 bits per heavy atom. The number of Topliss-reactive ketones (excluding diaryl/α,β-unsaturated/α-hetero) is 1. The Balaban J connectivity index is 2.50. The molecule has 0 aliphatic heterocycles. The summed E-state index contributed by atoms with van der Waals surface area (Å²) in [6.07, 6.45) is 0.605. The Morgan fingerprint density at radius 3 is 2.92 bits per heavy atom. The third kappa shape index (κ3) is 3.83. The monoisotopic (exact) mass is 214 g/mol. The predicted octanol–water partition coefficient (Wildman–Crippen LogP) is 3.41. The number of halogens is 1. The van der Waals surface area contributed by atoms with E-state index < -0.39 is 0 Å². The van der Waals surface area contributed by atoms with Crippen LogP contribution in [0.1, 0.15) is 13.3 Å². The standard InChI is InChI=1S/C10H11ClOS/c1-2-9(12)7-13-10-5-3-4-8(11)6-10/h3-6H,2,7H2,1H3. The molecule has 0 bridgehead atoms. The topological polar surface area (TPSA) is 17.1 Å². The number of carbonyl (C=O) groups excluding carboxylic acids is 1. The molecule has 1 nitrogen and oxygen atoms in total. The summed E-state index contributed by atoms with van der Waals surface area (Å²) in [6.45, 7) is 1.88. The molecule has 0 N–H and O–H groups in total. The van der Waals surface area contributed by atoms with Crippen molar-refractivity contribution >= 4 is 29.1 Å². The minimum absolute atomic E-state index is 0.268. The third-order valence-corrected chi connectivity index (χ3v) is 2.88. The van der Waals surface area contributed by atoms with Crippen LogP contribution in [0, 0.1) is 0 Å². The number of thioether (sulfide) groups is 1. The number of rotatable bonds is 4. The number of carbonyl (C=O) groups is 1. The molecule has 0 aliphatic carbocycles. The van der Waals surface area contributed by atoms with Crippen molar-refractivity contribution in [3.63, 3.8) is 0 Å². The lowest BCUT2D eigenvalue weighted by molar-refractivity contribution is -0.116. The van der Waals surface area contributed by atoms with Crippen LogP contribution in [0.5, 0.6) is 0 Å². The van der Waals surface area contributed by atoms with Gasteiger partial charge >= 0.3 is 0 Å². The van der Waals surface area contributed by atoms with E-state index in [2.05, 4.69) is 0 Å². The first-order valence-corrected chi connectivity index (χ1v) is 5.49. The summed E-state index contributed by atoms with van der Waals surface area (Å²) in [5, 5.41) is 0.717. The fourth-order valence-corrected chi connectivity index (χ4v) is 1.99. The van der Waals surface area contributed by atoms with E-state index in [1.165, 1.54) is 11.8 Å². The molecule has 1 aromatic rings. The molecule has 0 radical (unpaired) electrons. The Kier molecular flexibility index (Phi) is 4.33. The van der Waals surface area contributed by atoms with Crippen LogP contribution in [0.4, 0.5) is 0 Å². The van der Waals surface area contributed by atoms with Gasteiger partial charge in [0.25, 0.3) is 0 Å². The van der Waals surface area contributed by atoms with Crippen molar-refractivity contribution in [3.05, 3.63) is 29.3 Å². The van der Waals surface area contributed by atoms with E-state index in [0.29, 0.717) is 17.2 Å². The second-order valence-corrected chi connectivity index (χ2v) is 4.12. The Bertz CT molecular complexity index is 299. The minimum Gasteiger partial charge on any atom is -0.299 e. The van der Waals surface area contributed by atoms with Gasteiger partial charge < -0.3 is 0 Å². The van der Waals surface area contributed by atoms with Crippen molar-refractivity contribution in [2.24, 2.45) is 0 Å². The molecule has 0 saturated heterocycles. The van der Waals surface area contributed by atoms with Gasteiger partial charge in [0, 0.05) is 16.3 Å². The van der Waals surface area contributed by atoms with Crippen LogP contribution in [0.15, 0.2) is 29.2 Å². The smallest absolute Gasteiger partial charge is 0.142 e. The SMILES string of the molecule is CCC(=O)CSc1cccc(Cl)c1. The minimum atomic E-state index is 0.268. The average molecular weight is 215 g/mol. The second-order valence-electron chi connectivity index (χ2n) is 2.64. The van der Waals surface area contributed by atoms with Crippen molar-refractivity contribution in [2.75, 3.05) is 5.75 Å². The molecule has 0 atom stereocenters. The zero-order valence-corrected chi connectivity index (χ0v) is 8.99. The van der Waals surface area contributed by atoms with Crippen LogP contribution in [0.25, 0.3) is 0 Å². The van der Waals surface area contributed by atoms with Gasteiger partial charge in [-0.3, -0.25) is 4.79 Å². The van der Waals surface area contributed by atoms with Crippen LogP contribution >= 0.6 is 23.4 Å². The third-order valence-electron chi connectivity index (χ3n) is 1.59. The quantitative estimate of drug-likeness (QED) is 0.715. The maximum atomic E-state index is 11.0. The van der Waals surface area contributed by atoms with Crippen molar-refractivity contribution < 1.29 is 4.79 Å². The Morgan fingerprint density at radius 1 is 1.54 bits per heavy atom. The molecule has 0 aliphatic rings. The van der Waals surface area contributed by atoms with E-state index in [1.54, 1.807) is 0 Å². The molecule has 70 valence electrons. The highest BCUT2D eigenvalue weighted by atomic mass is 35.5. The fraction of sp³-hybridized carbons (Fsp3) is 0.300. The van der Waals surface area contributed by atoms with Gasteiger partial charge in [0.05, 0.1) is 5.75 Å². The lowest BCUT2D eigenvalue weighted by atomic mass is 10.4. The summed E-state index contributed by atoms with van der Waals surface area (Å²) in [7, 11) is 0. The molecule has 0 saturated carbocycles. The van der Waals surface area contributed by atoms with Crippen molar-refractivity contribution in [2.45, 2.75) is 18.2 Å². The van der Waals surface area contributed by atoms with Gasteiger partial charge in [0.1, 0.15) is 5.78 Å². The highest BCUT2D eigenvalue weighted by molar-refractivity contribution is 8.00. The molecule has 0 aromatic heterocycles. The van der Waals surface area contributed by atoms with E-state index >= 15 is 0 Å². The summed E-state index contributed by atoms with van der Waals surface area (Å²) >= 11 is 7.33. The largest absolute Gasteiger partial charge is 0.299 e. The van der Waals surface area contributed by atoms with Crippen molar-refractivity contribution in [1.29, 1.82) is 0 Å². The summed E-state index contributed by atoms with van der Waals surface area (Å²) in [4.78, 5) is 12.1. The molecular formula is C10H11ClOS. The van der Waals surface area contributed by atoms with Gasteiger partial charge in [-0.15, -0.1) is 11.8 Å². The number of benzene rings is 1. The normalized spacial score (nSPS) is 10.0. The van der Waals surface area contributed by atoms with E-state index in [0.717, 1.165) is 4.90 Å². The first-order valence-electron chi connectivity index (χ1n) is 4.12. The molecule has 1 rings (SSSR count). The Labute approximate surface area is 87.5 Å². The maximum Gasteiger partial charge on any atom is 0.142 e. The predicted molar refractivity (Wildman–Crippen MR) is 57.5 cm³/mol. The summed E-state index contributed by atoms with van der Waals surface area (Å²) in [5.41, 5.74) is 0. The zero-order valence-electron chi connectivity index (χ0n) is 7.42. The van der Waals surface area contributed by atoms with Gasteiger partial charge in [0.15, 0.2) is 0 Å². The summed E-state index contributed by atoms with van der Waals surface area (Å²) < 4.78 is 0. The van der Waals surface area contributed by atoms with Crippen LogP contribution in [0.2, 0.25) is 5.02 Å². The fourth-order valence-electron chi connectivity index (χ4n) is 0.823. The van der Waals surface area contributed by atoms with Crippen LogP contribution < -0.4 is 0 Å². The number of hydrogen-bond acceptors (Lipinski definition) is 2. The van der Waals surface area contributed by atoms with E-state index in [9.17, 15) is 4.79 Å². The van der Waals surface area contributed by atoms with E-state index in [4.69, 9.17) is 11.6 Å². The average Bonchev–Trinajstić information content (AvgIpc) is 2.14. The van der Waals surface area contributed by atoms with Gasteiger partial charge in [-0.25, -0.2) is 0 Å². The van der Waals surface area contributed by atoms with Crippen molar-refractivity contribution in [1.82, 2.24) is 0 Å². The van der Waals surface area contributed by atoms with Gasteiger partial charge in [-0.2, -0.15) is 0 Å².